The molecule has 1 aromatic heterocycles. The van der Waals surface area contributed by atoms with Gasteiger partial charge in [-0.15, -0.1) is 0 Å². The van der Waals surface area contributed by atoms with Gasteiger partial charge in [-0.25, -0.2) is 0 Å². The molecular weight excluding hydrogens is 242 g/mol. The fraction of sp³-hybridized carbons (Fsp3) is 0.545. The SMILES string of the molecule is CCC(O)CCCc1cncc(Br)c1. The van der Waals surface area contributed by atoms with Gasteiger partial charge in [0.1, 0.15) is 0 Å². The third kappa shape index (κ3) is 4.20. The topological polar surface area (TPSA) is 33.1 Å². The Morgan fingerprint density at radius 2 is 2.29 bits per heavy atom. The molecule has 0 saturated heterocycles. The minimum absolute atomic E-state index is 0.143. The molecule has 0 aliphatic rings. The lowest BCUT2D eigenvalue weighted by Gasteiger charge is -2.06. The third-order valence-electron chi connectivity index (χ3n) is 2.24. The highest BCUT2D eigenvalue weighted by Gasteiger charge is 2.01. The van der Waals surface area contributed by atoms with E-state index in [1.807, 2.05) is 13.1 Å². The molecule has 0 aromatic carbocycles. The van der Waals surface area contributed by atoms with Crippen molar-refractivity contribution in [3.05, 3.63) is 28.5 Å². The minimum Gasteiger partial charge on any atom is -0.393 e. The van der Waals surface area contributed by atoms with Crippen molar-refractivity contribution in [1.29, 1.82) is 0 Å². The smallest absolute Gasteiger partial charge is 0.0537 e. The first-order valence-corrected chi connectivity index (χ1v) is 5.79. The lowest BCUT2D eigenvalue weighted by molar-refractivity contribution is 0.158. The van der Waals surface area contributed by atoms with Crippen LogP contribution >= 0.6 is 15.9 Å². The van der Waals surface area contributed by atoms with Crippen LogP contribution in [0.3, 0.4) is 0 Å². The summed E-state index contributed by atoms with van der Waals surface area (Å²) < 4.78 is 1.02. The van der Waals surface area contributed by atoms with Crippen LogP contribution in [-0.4, -0.2) is 16.2 Å². The number of aliphatic hydroxyl groups is 1. The van der Waals surface area contributed by atoms with Crippen molar-refractivity contribution in [1.82, 2.24) is 4.98 Å². The molecule has 2 nitrogen and oxygen atoms in total. The Morgan fingerprint density at radius 1 is 1.50 bits per heavy atom. The van der Waals surface area contributed by atoms with Gasteiger partial charge in [-0.1, -0.05) is 6.92 Å². The van der Waals surface area contributed by atoms with E-state index in [-0.39, 0.29) is 6.10 Å². The minimum atomic E-state index is -0.143. The lowest BCUT2D eigenvalue weighted by Crippen LogP contribution is -2.04. The van der Waals surface area contributed by atoms with E-state index < -0.39 is 0 Å². The fourth-order valence-corrected chi connectivity index (χ4v) is 1.75. The van der Waals surface area contributed by atoms with Gasteiger partial charge in [-0.05, 0) is 53.2 Å². The molecule has 0 bridgehead atoms. The molecule has 0 amide bonds. The Bertz CT molecular complexity index is 278. The average Bonchev–Trinajstić information content (AvgIpc) is 2.17. The van der Waals surface area contributed by atoms with E-state index in [0.29, 0.717) is 0 Å². The summed E-state index contributed by atoms with van der Waals surface area (Å²) in [5, 5.41) is 9.37. The maximum Gasteiger partial charge on any atom is 0.0537 e. The monoisotopic (exact) mass is 257 g/mol. The number of aromatic nitrogens is 1. The highest BCUT2D eigenvalue weighted by Crippen LogP contribution is 2.12. The van der Waals surface area contributed by atoms with Gasteiger partial charge in [-0.2, -0.15) is 0 Å². The molecule has 14 heavy (non-hydrogen) atoms. The molecule has 0 aliphatic heterocycles. The number of aliphatic hydroxyl groups excluding tert-OH is 1. The molecule has 1 rings (SSSR count). The van der Waals surface area contributed by atoms with Crippen molar-refractivity contribution in [2.45, 2.75) is 38.7 Å². The summed E-state index contributed by atoms with van der Waals surface area (Å²) in [6.07, 6.45) is 7.25. The maximum absolute atomic E-state index is 9.37. The largest absolute Gasteiger partial charge is 0.393 e. The number of pyridine rings is 1. The second-order valence-corrected chi connectivity index (χ2v) is 4.38. The molecule has 1 atom stereocenters. The van der Waals surface area contributed by atoms with Crippen LogP contribution in [0.25, 0.3) is 0 Å². The first-order valence-electron chi connectivity index (χ1n) is 5.00. The number of halogens is 1. The zero-order valence-corrected chi connectivity index (χ0v) is 10.00. The van der Waals surface area contributed by atoms with Crippen LogP contribution < -0.4 is 0 Å². The highest BCUT2D eigenvalue weighted by molar-refractivity contribution is 9.10. The van der Waals surface area contributed by atoms with E-state index in [0.717, 1.165) is 30.2 Å². The van der Waals surface area contributed by atoms with Crippen molar-refractivity contribution in [2.24, 2.45) is 0 Å². The van der Waals surface area contributed by atoms with Crippen molar-refractivity contribution in [3.63, 3.8) is 0 Å². The molecule has 0 radical (unpaired) electrons. The second-order valence-electron chi connectivity index (χ2n) is 3.47. The summed E-state index contributed by atoms with van der Waals surface area (Å²) in [5.41, 5.74) is 1.22. The van der Waals surface area contributed by atoms with Crippen molar-refractivity contribution in [2.75, 3.05) is 0 Å². The quantitative estimate of drug-likeness (QED) is 0.880. The molecule has 0 spiro atoms. The van der Waals surface area contributed by atoms with E-state index in [4.69, 9.17) is 0 Å². The Kier molecular flexibility index (Phi) is 5.12. The molecule has 0 fully saturated rings. The normalized spacial score (nSPS) is 12.8. The molecule has 0 saturated carbocycles. The molecule has 78 valence electrons. The van der Waals surface area contributed by atoms with Gasteiger partial charge in [0.25, 0.3) is 0 Å². The first-order chi connectivity index (χ1) is 6.72. The van der Waals surface area contributed by atoms with Crippen LogP contribution in [0.15, 0.2) is 22.9 Å². The zero-order chi connectivity index (χ0) is 10.4. The van der Waals surface area contributed by atoms with Gasteiger partial charge in [0.2, 0.25) is 0 Å². The van der Waals surface area contributed by atoms with E-state index in [1.165, 1.54) is 5.56 Å². The van der Waals surface area contributed by atoms with Crippen molar-refractivity contribution in [3.8, 4) is 0 Å². The van der Waals surface area contributed by atoms with Gasteiger partial charge in [0, 0.05) is 16.9 Å². The number of hydrogen-bond donors (Lipinski definition) is 1. The van der Waals surface area contributed by atoms with Crippen LogP contribution in [0.4, 0.5) is 0 Å². The van der Waals surface area contributed by atoms with Gasteiger partial charge in [0.05, 0.1) is 6.10 Å². The standard InChI is InChI=1S/C11H16BrNO/c1-2-11(14)5-3-4-9-6-10(12)8-13-7-9/h6-8,11,14H,2-5H2,1H3. The zero-order valence-electron chi connectivity index (χ0n) is 8.41. The summed E-state index contributed by atoms with van der Waals surface area (Å²) in [4.78, 5) is 4.09. The van der Waals surface area contributed by atoms with E-state index in [1.54, 1.807) is 6.20 Å². The number of aryl methyl sites for hydroxylation is 1. The predicted octanol–water partition coefficient (Wildman–Crippen LogP) is 2.94. The number of hydrogen-bond acceptors (Lipinski definition) is 2. The van der Waals surface area contributed by atoms with E-state index in [2.05, 4.69) is 27.0 Å². The van der Waals surface area contributed by atoms with E-state index >= 15 is 0 Å². The van der Waals surface area contributed by atoms with Crippen LogP contribution in [0.1, 0.15) is 31.7 Å². The van der Waals surface area contributed by atoms with Crippen LogP contribution in [-0.2, 0) is 6.42 Å². The molecule has 0 aliphatic carbocycles. The van der Waals surface area contributed by atoms with Crippen LogP contribution in [0.2, 0.25) is 0 Å². The Hall–Kier alpha value is -0.410. The summed E-state index contributed by atoms with van der Waals surface area (Å²) in [5.74, 6) is 0. The summed E-state index contributed by atoms with van der Waals surface area (Å²) in [7, 11) is 0. The van der Waals surface area contributed by atoms with Crippen molar-refractivity contribution < 1.29 is 5.11 Å². The second kappa shape index (κ2) is 6.14. The molecule has 1 aromatic rings. The lowest BCUT2D eigenvalue weighted by atomic mass is 10.1. The molecule has 1 heterocycles. The van der Waals surface area contributed by atoms with Gasteiger partial charge < -0.3 is 5.11 Å². The van der Waals surface area contributed by atoms with Crippen molar-refractivity contribution >= 4 is 15.9 Å². The summed E-state index contributed by atoms with van der Waals surface area (Å²) in [6, 6.07) is 2.07. The third-order valence-corrected chi connectivity index (χ3v) is 2.67. The molecular formula is C11H16BrNO. The number of rotatable bonds is 5. The molecule has 3 heteroatoms. The van der Waals surface area contributed by atoms with Gasteiger partial charge in [-0.3, -0.25) is 4.98 Å². The summed E-state index contributed by atoms with van der Waals surface area (Å²) >= 11 is 3.38. The Morgan fingerprint density at radius 3 is 2.93 bits per heavy atom. The fourth-order valence-electron chi connectivity index (χ4n) is 1.34. The maximum atomic E-state index is 9.37. The summed E-state index contributed by atoms with van der Waals surface area (Å²) in [6.45, 7) is 2.01. The van der Waals surface area contributed by atoms with Crippen LogP contribution in [0.5, 0.6) is 0 Å². The van der Waals surface area contributed by atoms with E-state index in [9.17, 15) is 5.11 Å². The Balaban J connectivity index is 2.31. The van der Waals surface area contributed by atoms with Crippen LogP contribution in [0, 0.1) is 0 Å². The highest BCUT2D eigenvalue weighted by atomic mass is 79.9. The number of nitrogens with zero attached hydrogens (tertiary/aromatic N) is 1. The average molecular weight is 258 g/mol. The molecule has 1 N–H and O–H groups in total. The molecule has 1 unspecified atom stereocenters. The first kappa shape index (κ1) is 11.7. The predicted molar refractivity (Wildman–Crippen MR) is 61.2 cm³/mol. The van der Waals surface area contributed by atoms with Gasteiger partial charge in [0.15, 0.2) is 0 Å². The Labute approximate surface area is 93.5 Å². The van der Waals surface area contributed by atoms with Gasteiger partial charge >= 0.3 is 0 Å².